The van der Waals surface area contributed by atoms with Crippen molar-refractivity contribution in [1.82, 2.24) is 4.90 Å². The minimum absolute atomic E-state index is 0.246. The van der Waals surface area contributed by atoms with Crippen LogP contribution in [0.25, 0.3) is 0 Å². The highest BCUT2D eigenvalue weighted by atomic mass is 127. The van der Waals surface area contributed by atoms with Gasteiger partial charge in [-0.3, -0.25) is 15.0 Å². The van der Waals surface area contributed by atoms with E-state index >= 15 is 0 Å². The summed E-state index contributed by atoms with van der Waals surface area (Å²) >= 11 is 2.41. The molecular formula is C13H17IN2O2. The van der Waals surface area contributed by atoms with Gasteiger partial charge in [-0.2, -0.15) is 0 Å². The molecule has 2 rings (SSSR count). The molecule has 0 unspecified atom stereocenters. The van der Waals surface area contributed by atoms with Gasteiger partial charge >= 0.3 is 0 Å². The topological polar surface area (TPSA) is 46.4 Å². The number of hydrogen-bond donors (Lipinski definition) is 0. The van der Waals surface area contributed by atoms with Crippen molar-refractivity contribution in [3.8, 4) is 0 Å². The molecule has 0 spiro atoms. The molecular weight excluding hydrogens is 343 g/mol. The third-order valence-corrected chi connectivity index (χ3v) is 4.51. The number of nitrogens with zero attached hydrogens (tertiary/aromatic N) is 2. The van der Waals surface area contributed by atoms with E-state index in [-0.39, 0.29) is 10.6 Å². The summed E-state index contributed by atoms with van der Waals surface area (Å²) in [6.45, 7) is 1.75. The van der Waals surface area contributed by atoms with Gasteiger partial charge in [-0.15, -0.1) is 0 Å². The Bertz CT molecular complexity index is 425. The number of hydrogen-bond acceptors (Lipinski definition) is 3. The second-order valence-corrected chi connectivity index (χ2v) is 5.54. The zero-order valence-corrected chi connectivity index (χ0v) is 12.4. The highest BCUT2D eigenvalue weighted by Gasteiger charge is 2.23. The number of nitro benzene ring substituents is 1. The summed E-state index contributed by atoms with van der Waals surface area (Å²) in [5.41, 5.74) is 1.08. The summed E-state index contributed by atoms with van der Waals surface area (Å²) < 4.78 is 1.10. The van der Waals surface area contributed by atoms with E-state index < -0.39 is 0 Å². The summed E-state index contributed by atoms with van der Waals surface area (Å²) in [6, 6.07) is 7.65. The number of benzene rings is 1. The van der Waals surface area contributed by atoms with Crippen LogP contribution in [0.2, 0.25) is 0 Å². The highest BCUT2D eigenvalue weighted by Crippen LogP contribution is 2.25. The van der Waals surface area contributed by atoms with Gasteiger partial charge in [0.1, 0.15) is 0 Å². The number of halogens is 1. The highest BCUT2D eigenvalue weighted by molar-refractivity contribution is 14.1. The van der Waals surface area contributed by atoms with Gasteiger partial charge in [0, 0.05) is 28.6 Å². The zero-order valence-electron chi connectivity index (χ0n) is 10.2. The largest absolute Gasteiger partial charge is 0.295 e. The monoisotopic (exact) mass is 360 g/mol. The average molecular weight is 360 g/mol. The van der Waals surface area contributed by atoms with Gasteiger partial charge in [0.25, 0.3) is 5.69 Å². The SMILES string of the molecule is O=[N+]([O-])c1ccccc1CN1CCCC[C@@H]1CI. The Hall–Kier alpha value is -0.690. The fourth-order valence-corrected chi connectivity index (χ4v) is 3.48. The van der Waals surface area contributed by atoms with E-state index in [2.05, 4.69) is 27.5 Å². The van der Waals surface area contributed by atoms with Crippen LogP contribution in [0.15, 0.2) is 24.3 Å². The zero-order chi connectivity index (χ0) is 13.0. The standard InChI is InChI=1S/C13H17IN2O2/c14-9-12-6-3-4-8-15(12)10-11-5-1-2-7-13(11)16(17)18/h1-2,5,7,12H,3-4,6,8-10H2/t12-/m1/s1. The van der Waals surface area contributed by atoms with Gasteiger partial charge < -0.3 is 0 Å². The van der Waals surface area contributed by atoms with Crippen LogP contribution in [0, 0.1) is 10.1 Å². The Morgan fingerprint density at radius 3 is 2.89 bits per heavy atom. The first kappa shape index (κ1) is 13.7. The molecule has 0 aromatic heterocycles. The molecule has 1 fully saturated rings. The van der Waals surface area contributed by atoms with Gasteiger partial charge in [-0.05, 0) is 19.4 Å². The van der Waals surface area contributed by atoms with Crippen molar-refractivity contribution in [2.75, 3.05) is 11.0 Å². The molecule has 0 aliphatic carbocycles. The maximum Gasteiger partial charge on any atom is 0.273 e. The van der Waals surface area contributed by atoms with Crippen molar-refractivity contribution in [1.29, 1.82) is 0 Å². The number of nitro groups is 1. The molecule has 1 aliphatic heterocycles. The van der Waals surface area contributed by atoms with E-state index in [0.717, 1.165) is 16.5 Å². The number of para-hydroxylation sites is 1. The van der Waals surface area contributed by atoms with Gasteiger partial charge in [0.15, 0.2) is 0 Å². The summed E-state index contributed by atoms with van der Waals surface area (Å²) in [7, 11) is 0. The molecule has 1 heterocycles. The predicted molar refractivity (Wildman–Crippen MR) is 80.0 cm³/mol. The smallest absolute Gasteiger partial charge is 0.273 e. The van der Waals surface area contributed by atoms with E-state index in [0.29, 0.717) is 12.6 Å². The third kappa shape index (κ3) is 3.20. The van der Waals surface area contributed by atoms with Crippen LogP contribution in [-0.2, 0) is 6.54 Å². The fourth-order valence-electron chi connectivity index (χ4n) is 2.48. The Morgan fingerprint density at radius 2 is 2.17 bits per heavy atom. The molecule has 0 radical (unpaired) electrons. The maximum atomic E-state index is 11.0. The lowest BCUT2D eigenvalue weighted by Gasteiger charge is -2.34. The lowest BCUT2D eigenvalue weighted by molar-refractivity contribution is -0.385. The number of rotatable bonds is 4. The molecule has 1 aliphatic rings. The van der Waals surface area contributed by atoms with Crippen LogP contribution >= 0.6 is 22.6 Å². The molecule has 1 saturated heterocycles. The van der Waals surface area contributed by atoms with Gasteiger partial charge in [-0.1, -0.05) is 47.2 Å². The second-order valence-electron chi connectivity index (χ2n) is 4.66. The van der Waals surface area contributed by atoms with E-state index in [4.69, 9.17) is 0 Å². The van der Waals surface area contributed by atoms with E-state index in [1.807, 2.05) is 12.1 Å². The van der Waals surface area contributed by atoms with E-state index in [1.165, 1.54) is 19.3 Å². The molecule has 1 aromatic carbocycles. The third-order valence-electron chi connectivity index (χ3n) is 3.49. The van der Waals surface area contributed by atoms with Crippen molar-refractivity contribution in [3.63, 3.8) is 0 Å². The van der Waals surface area contributed by atoms with Crippen molar-refractivity contribution in [2.24, 2.45) is 0 Å². The summed E-state index contributed by atoms with van der Waals surface area (Å²) in [5, 5.41) is 11.0. The van der Waals surface area contributed by atoms with E-state index in [1.54, 1.807) is 12.1 Å². The van der Waals surface area contributed by atoms with Gasteiger partial charge in [-0.25, -0.2) is 0 Å². The maximum absolute atomic E-state index is 11.0. The van der Waals surface area contributed by atoms with Gasteiger partial charge in [0.05, 0.1) is 4.92 Å². The fraction of sp³-hybridized carbons (Fsp3) is 0.538. The molecule has 1 atom stereocenters. The molecule has 98 valence electrons. The molecule has 4 nitrogen and oxygen atoms in total. The molecule has 0 amide bonds. The number of likely N-dealkylation sites (tertiary alicyclic amines) is 1. The molecule has 5 heteroatoms. The lowest BCUT2D eigenvalue weighted by atomic mass is 10.0. The molecule has 1 aromatic rings. The van der Waals surface area contributed by atoms with Crippen molar-refractivity contribution < 1.29 is 4.92 Å². The van der Waals surface area contributed by atoms with Crippen molar-refractivity contribution >= 4 is 28.3 Å². The van der Waals surface area contributed by atoms with E-state index in [9.17, 15) is 10.1 Å². The van der Waals surface area contributed by atoms with Crippen LogP contribution in [0.1, 0.15) is 24.8 Å². The van der Waals surface area contributed by atoms with Crippen LogP contribution in [0.4, 0.5) is 5.69 Å². The molecule has 18 heavy (non-hydrogen) atoms. The second kappa shape index (κ2) is 6.47. The quantitative estimate of drug-likeness (QED) is 0.358. The van der Waals surface area contributed by atoms with Crippen LogP contribution in [-0.4, -0.2) is 26.8 Å². The molecule has 0 bridgehead atoms. The van der Waals surface area contributed by atoms with Crippen molar-refractivity contribution in [2.45, 2.75) is 31.8 Å². The Balaban J connectivity index is 2.15. The Labute approximate surface area is 121 Å². The van der Waals surface area contributed by atoms with Crippen LogP contribution in [0.3, 0.4) is 0 Å². The Morgan fingerprint density at radius 1 is 1.39 bits per heavy atom. The lowest BCUT2D eigenvalue weighted by Crippen LogP contribution is -2.40. The molecule has 0 saturated carbocycles. The predicted octanol–water partition coefficient (Wildman–Crippen LogP) is 3.38. The summed E-state index contributed by atoms with van der Waals surface area (Å²) in [5.74, 6) is 0. The first-order valence-electron chi connectivity index (χ1n) is 6.24. The number of piperidine rings is 1. The first-order valence-corrected chi connectivity index (χ1v) is 7.77. The van der Waals surface area contributed by atoms with Gasteiger partial charge in [0.2, 0.25) is 0 Å². The summed E-state index contributed by atoms with van der Waals surface area (Å²) in [4.78, 5) is 13.1. The number of alkyl halides is 1. The minimum Gasteiger partial charge on any atom is -0.295 e. The van der Waals surface area contributed by atoms with Crippen LogP contribution in [0.5, 0.6) is 0 Å². The average Bonchev–Trinajstić information content (AvgIpc) is 2.40. The van der Waals surface area contributed by atoms with Crippen LogP contribution < -0.4 is 0 Å². The Kier molecular flexibility index (Phi) is 4.94. The minimum atomic E-state index is -0.279. The molecule has 0 N–H and O–H groups in total. The first-order chi connectivity index (χ1) is 8.72. The normalized spacial score (nSPS) is 20.8. The summed E-state index contributed by atoms with van der Waals surface area (Å²) in [6.07, 6.45) is 3.69. The van der Waals surface area contributed by atoms with Crippen molar-refractivity contribution in [3.05, 3.63) is 39.9 Å².